The van der Waals surface area contributed by atoms with Crippen LogP contribution in [0.5, 0.6) is 5.75 Å². The third kappa shape index (κ3) is 5.53. The Labute approximate surface area is 181 Å². The van der Waals surface area contributed by atoms with Crippen molar-refractivity contribution in [3.63, 3.8) is 0 Å². The number of nitrogens with zero attached hydrogens (tertiary/aromatic N) is 5. The molecule has 0 radical (unpaired) electrons. The van der Waals surface area contributed by atoms with Gasteiger partial charge in [-0.2, -0.15) is 0 Å². The topological polar surface area (TPSA) is 93.1 Å². The molecule has 0 spiro atoms. The van der Waals surface area contributed by atoms with Gasteiger partial charge in [-0.15, -0.1) is 0 Å². The van der Waals surface area contributed by atoms with Gasteiger partial charge >= 0.3 is 0 Å². The molecule has 1 fully saturated rings. The monoisotopic (exact) mass is 418 g/mol. The molecule has 4 rings (SSSR count). The van der Waals surface area contributed by atoms with Gasteiger partial charge in [0.15, 0.2) is 0 Å². The minimum absolute atomic E-state index is 0.186. The van der Waals surface area contributed by atoms with Gasteiger partial charge in [0.1, 0.15) is 5.75 Å². The van der Waals surface area contributed by atoms with Crippen LogP contribution >= 0.6 is 0 Å². The van der Waals surface area contributed by atoms with Gasteiger partial charge in [0.25, 0.3) is 0 Å². The number of likely N-dealkylation sites (tertiary alicyclic amines) is 1. The number of hydrogen-bond donors (Lipinski definition) is 1. The van der Waals surface area contributed by atoms with E-state index in [1.54, 1.807) is 31.8 Å². The van der Waals surface area contributed by atoms with Crippen LogP contribution in [-0.2, 0) is 11.2 Å². The first-order chi connectivity index (χ1) is 15.2. The lowest BCUT2D eigenvalue weighted by molar-refractivity contribution is -0.132. The molecule has 8 heteroatoms. The summed E-state index contributed by atoms with van der Waals surface area (Å²) in [6, 6.07) is 11.6. The molecule has 1 amide bonds. The van der Waals surface area contributed by atoms with Gasteiger partial charge in [0.05, 0.1) is 12.8 Å². The molecule has 2 aromatic heterocycles. The number of nitrogens with one attached hydrogen (secondary N) is 1. The van der Waals surface area contributed by atoms with E-state index in [1.807, 2.05) is 35.2 Å². The van der Waals surface area contributed by atoms with Crippen molar-refractivity contribution in [3.8, 4) is 5.75 Å². The lowest BCUT2D eigenvalue weighted by Crippen LogP contribution is -2.39. The molecule has 1 aliphatic heterocycles. The van der Waals surface area contributed by atoms with Crippen LogP contribution < -0.4 is 10.1 Å². The standard InChI is InChI=1S/C23H26N6O2/c1-31-19-8-5-17(6-9-19)7-10-21(30)29-15-2-4-18(16-29)20-11-14-26-23(27-20)28-22-24-12-3-13-25-22/h3,5-6,8-9,11-14,18H,2,4,7,10,15-16H2,1H3,(H,24,25,26,27,28). The zero-order chi connectivity index (χ0) is 21.5. The second-order valence-corrected chi connectivity index (χ2v) is 7.53. The van der Waals surface area contributed by atoms with E-state index in [0.717, 1.165) is 42.8 Å². The summed E-state index contributed by atoms with van der Waals surface area (Å²) in [6.45, 7) is 1.48. The Balaban J connectivity index is 1.35. The molecule has 1 aromatic carbocycles. The van der Waals surface area contributed by atoms with Crippen molar-refractivity contribution in [1.29, 1.82) is 0 Å². The highest BCUT2D eigenvalue weighted by Crippen LogP contribution is 2.27. The van der Waals surface area contributed by atoms with E-state index in [-0.39, 0.29) is 11.8 Å². The Morgan fingerprint density at radius 3 is 2.65 bits per heavy atom. The van der Waals surface area contributed by atoms with Crippen LogP contribution in [-0.4, -0.2) is 50.9 Å². The Morgan fingerprint density at radius 2 is 1.87 bits per heavy atom. The van der Waals surface area contributed by atoms with E-state index >= 15 is 0 Å². The van der Waals surface area contributed by atoms with E-state index in [0.29, 0.717) is 24.9 Å². The summed E-state index contributed by atoms with van der Waals surface area (Å²) in [5, 5.41) is 3.03. The molecule has 0 aliphatic carbocycles. The van der Waals surface area contributed by atoms with Crippen LogP contribution in [0.4, 0.5) is 11.9 Å². The van der Waals surface area contributed by atoms with Crippen LogP contribution in [0, 0.1) is 0 Å². The number of rotatable bonds is 7. The second-order valence-electron chi connectivity index (χ2n) is 7.53. The van der Waals surface area contributed by atoms with Crippen molar-refractivity contribution in [2.75, 3.05) is 25.5 Å². The number of anilines is 2. The molecule has 8 nitrogen and oxygen atoms in total. The average molecular weight is 419 g/mol. The van der Waals surface area contributed by atoms with E-state index in [9.17, 15) is 4.79 Å². The number of methoxy groups -OCH3 is 1. The van der Waals surface area contributed by atoms with E-state index < -0.39 is 0 Å². The van der Waals surface area contributed by atoms with E-state index in [2.05, 4.69) is 25.3 Å². The van der Waals surface area contributed by atoms with Gasteiger partial charge in [0.2, 0.25) is 17.8 Å². The highest BCUT2D eigenvalue weighted by atomic mass is 16.5. The molecule has 1 N–H and O–H groups in total. The minimum atomic E-state index is 0.186. The van der Waals surface area contributed by atoms with Crippen molar-refractivity contribution in [1.82, 2.24) is 24.8 Å². The summed E-state index contributed by atoms with van der Waals surface area (Å²) in [5.41, 5.74) is 2.07. The Bertz CT molecular complexity index is 996. The largest absolute Gasteiger partial charge is 0.497 e. The first-order valence-electron chi connectivity index (χ1n) is 10.5. The Hall–Kier alpha value is -3.55. The SMILES string of the molecule is COc1ccc(CCC(=O)N2CCCC(c3ccnc(Nc4ncccn4)n3)C2)cc1. The lowest BCUT2D eigenvalue weighted by atomic mass is 9.94. The highest BCUT2D eigenvalue weighted by molar-refractivity contribution is 5.76. The fraction of sp³-hybridized carbons (Fsp3) is 0.348. The molecule has 160 valence electrons. The number of hydrogen-bond acceptors (Lipinski definition) is 7. The number of amides is 1. The molecule has 3 aromatic rings. The first-order valence-corrected chi connectivity index (χ1v) is 10.5. The van der Waals surface area contributed by atoms with Gasteiger partial charge in [-0.25, -0.2) is 19.9 Å². The van der Waals surface area contributed by atoms with E-state index in [1.165, 1.54) is 0 Å². The third-order valence-electron chi connectivity index (χ3n) is 5.45. The van der Waals surface area contributed by atoms with Crippen LogP contribution in [0.2, 0.25) is 0 Å². The van der Waals surface area contributed by atoms with Crippen LogP contribution in [0.15, 0.2) is 55.0 Å². The van der Waals surface area contributed by atoms with Crippen molar-refractivity contribution in [2.45, 2.75) is 31.6 Å². The molecule has 0 bridgehead atoms. The molecule has 1 saturated heterocycles. The normalized spacial score (nSPS) is 16.0. The first kappa shape index (κ1) is 20.7. The van der Waals surface area contributed by atoms with Crippen molar-refractivity contribution in [3.05, 3.63) is 66.2 Å². The summed E-state index contributed by atoms with van der Waals surface area (Å²) in [4.78, 5) is 32.0. The van der Waals surface area contributed by atoms with Gasteiger partial charge in [-0.3, -0.25) is 10.1 Å². The summed E-state index contributed by atoms with van der Waals surface area (Å²) in [5.74, 6) is 2.13. The molecular formula is C23H26N6O2. The van der Waals surface area contributed by atoms with Gasteiger partial charge < -0.3 is 9.64 Å². The lowest BCUT2D eigenvalue weighted by Gasteiger charge is -2.32. The number of aromatic nitrogens is 4. The summed E-state index contributed by atoms with van der Waals surface area (Å²) in [6.07, 6.45) is 8.25. The van der Waals surface area contributed by atoms with Crippen LogP contribution in [0.25, 0.3) is 0 Å². The van der Waals surface area contributed by atoms with Gasteiger partial charge in [-0.1, -0.05) is 12.1 Å². The number of carbonyl (C=O) groups excluding carboxylic acids is 1. The smallest absolute Gasteiger partial charge is 0.229 e. The molecule has 3 heterocycles. The van der Waals surface area contributed by atoms with Crippen LogP contribution in [0.1, 0.15) is 36.4 Å². The molecular weight excluding hydrogens is 392 g/mol. The van der Waals surface area contributed by atoms with Crippen LogP contribution in [0.3, 0.4) is 0 Å². The molecule has 0 saturated carbocycles. The predicted molar refractivity (Wildman–Crippen MR) is 117 cm³/mol. The maximum atomic E-state index is 12.8. The summed E-state index contributed by atoms with van der Waals surface area (Å²) in [7, 11) is 1.65. The molecule has 1 atom stereocenters. The number of piperidine rings is 1. The Kier molecular flexibility index (Phi) is 6.66. The second kappa shape index (κ2) is 9.97. The fourth-order valence-electron chi connectivity index (χ4n) is 3.77. The third-order valence-corrected chi connectivity index (χ3v) is 5.45. The molecule has 1 aliphatic rings. The minimum Gasteiger partial charge on any atom is -0.497 e. The number of ether oxygens (including phenoxy) is 1. The van der Waals surface area contributed by atoms with Crippen molar-refractivity contribution >= 4 is 17.8 Å². The highest BCUT2D eigenvalue weighted by Gasteiger charge is 2.25. The summed E-state index contributed by atoms with van der Waals surface area (Å²) < 4.78 is 5.19. The number of benzene rings is 1. The Morgan fingerprint density at radius 1 is 1.10 bits per heavy atom. The predicted octanol–water partition coefficient (Wildman–Crippen LogP) is 3.36. The van der Waals surface area contributed by atoms with Gasteiger partial charge in [-0.05, 0) is 49.1 Å². The fourth-order valence-corrected chi connectivity index (χ4v) is 3.77. The molecule has 31 heavy (non-hydrogen) atoms. The van der Waals surface area contributed by atoms with Crippen molar-refractivity contribution < 1.29 is 9.53 Å². The molecule has 1 unspecified atom stereocenters. The quantitative estimate of drug-likeness (QED) is 0.629. The van der Waals surface area contributed by atoms with Gasteiger partial charge in [0, 0.05) is 44.0 Å². The van der Waals surface area contributed by atoms with E-state index in [4.69, 9.17) is 4.74 Å². The maximum absolute atomic E-state index is 12.8. The zero-order valence-electron chi connectivity index (χ0n) is 17.6. The van der Waals surface area contributed by atoms with Crippen molar-refractivity contribution in [2.24, 2.45) is 0 Å². The zero-order valence-corrected chi connectivity index (χ0v) is 17.6. The average Bonchev–Trinajstić information content (AvgIpc) is 2.84. The maximum Gasteiger partial charge on any atom is 0.229 e. The number of aryl methyl sites for hydroxylation is 1. The number of carbonyl (C=O) groups is 1. The summed E-state index contributed by atoms with van der Waals surface area (Å²) >= 11 is 0.